The van der Waals surface area contributed by atoms with Crippen LogP contribution in [0.4, 0.5) is 0 Å². The molecule has 3 nitrogen and oxygen atoms in total. The Morgan fingerprint density at radius 1 is 1.62 bits per heavy atom. The number of amides is 1. The van der Waals surface area contributed by atoms with E-state index < -0.39 is 0 Å². The third-order valence-corrected chi connectivity index (χ3v) is 2.67. The van der Waals surface area contributed by atoms with E-state index in [0.717, 1.165) is 16.9 Å². The fraction of sp³-hybridized carbons (Fsp3) is 0.444. The normalized spacial score (nSPS) is 10.1. The summed E-state index contributed by atoms with van der Waals surface area (Å²) < 4.78 is 0. The van der Waals surface area contributed by atoms with Gasteiger partial charge in [0.15, 0.2) is 0 Å². The zero-order valence-corrected chi connectivity index (χ0v) is 8.73. The molecule has 1 aromatic rings. The molecule has 0 aliphatic rings. The fourth-order valence-electron chi connectivity index (χ4n) is 1.01. The van der Waals surface area contributed by atoms with E-state index in [9.17, 15) is 4.79 Å². The summed E-state index contributed by atoms with van der Waals surface area (Å²) in [7, 11) is 3.51. The molecule has 1 aromatic heterocycles. The standard InChI is InChI=1S/C9H14N2OS/c1-11(2)9(12)8-5-7(3-4-10)6-13-8/h5-6H,3-4,10H2,1-2H3. The highest BCUT2D eigenvalue weighted by Crippen LogP contribution is 2.16. The zero-order valence-electron chi connectivity index (χ0n) is 7.91. The van der Waals surface area contributed by atoms with Crippen LogP contribution in [-0.2, 0) is 6.42 Å². The quantitative estimate of drug-likeness (QED) is 0.786. The number of rotatable bonds is 3. The number of nitrogens with zero attached hydrogens (tertiary/aromatic N) is 1. The Morgan fingerprint density at radius 3 is 2.85 bits per heavy atom. The molecule has 2 N–H and O–H groups in total. The van der Waals surface area contributed by atoms with Gasteiger partial charge in [-0.05, 0) is 30.0 Å². The molecule has 0 aliphatic carbocycles. The summed E-state index contributed by atoms with van der Waals surface area (Å²) in [5, 5.41) is 1.99. The summed E-state index contributed by atoms with van der Waals surface area (Å²) in [6, 6.07) is 1.92. The zero-order chi connectivity index (χ0) is 9.84. The summed E-state index contributed by atoms with van der Waals surface area (Å²) >= 11 is 1.48. The van der Waals surface area contributed by atoms with Crippen molar-refractivity contribution in [3.8, 4) is 0 Å². The SMILES string of the molecule is CN(C)C(=O)c1cc(CCN)cs1. The molecule has 0 spiro atoms. The number of nitrogens with two attached hydrogens (primary N) is 1. The number of carbonyl (C=O) groups is 1. The lowest BCUT2D eigenvalue weighted by Gasteiger charge is -2.06. The molecule has 1 rings (SSSR count). The molecule has 0 aliphatic heterocycles. The van der Waals surface area contributed by atoms with Crippen LogP contribution < -0.4 is 5.73 Å². The minimum Gasteiger partial charge on any atom is -0.344 e. The largest absolute Gasteiger partial charge is 0.344 e. The second kappa shape index (κ2) is 4.39. The molecule has 0 aromatic carbocycles. The molecular weight excluding hydrogens is 184 g/mol. The highest BCUT2D eigenvalue weighted by molar-refractivity contribution is 7.12. The van der Waals surface area contributed by atoms with E-state index in [-0.39, 0.29) is 5.91 Å². The van der Waals surface area contributed by atoms with Crippen molar-refractivity contribution < 1.29 is 4.79 Å². The van der Waals surface area contributed by atoms with E-state index in [1.54, 1.807) is 19.0 Å². The van der Waals surface area contributed by atoms with Gasteiger partial charge in [0.05, 0.1) is 4.88 Å². The van der Waals surface area contributed by atoms with Gasteiger partial charge < -0.3 is 10.6 Å². The molecule has 1 heterocycles. The van der Waals surface area contributed by atoms with Crippen LogP contribution >= 0.6 is 11.3 Å². The second-order valence-electron chi connectivity index (χ2n) is 3.06. The molecule has 13 heavy (non-hydrogen) atoms. The van der Waals surface area contributed by atoms with Crippen molar-refractivity contribution in [2.75, 3.05) is 20.6 Å². The van der Waals surface area contributed by atoms with E-state index in [0.29, 0.717) is 6.54 Å². The minimum atomic E-state index is 0.0632. The Morgan fingerprint density at radius 2 is 2.31 bits per heavy atom. The molecular formula is C9H14N2OS. The lowest BCUT2D eigenvalue weighted by molar-refractivity contribution is 0.0832. The molecule has 0 radical (unpaired) electrons. The first-order valence-electron chi connectivity index (χ1n) is 4.14. The van der Waals surface area contributed by atoms with Gasteiger partial charge in [-0.3, -0.25) is 4.79 Å². The van der Waals surface area contributed by atoms with Gasteiger partial charge in [0.1, 0.15) is 0 Å². The van der Waals surface area contributed by atoms with Crippen molar-refractivity contribution in [3.63, 3.8) is 0 Å². The van der Waals surface area contributed by atoms with E-state index in [1.165, 1.54) is 11.3 Å². The fourth-order valence-corrected chi connectivity index (χ4v) is 1.97. The maximum Gasteiger partial charge on any atom is 0.263 e. The average Bonchev–Trinajstić information content (AvgIpc) is 2.52. The molecule has 0 atom stereocenters. The van der Waals surface area contributed by atoms with Crippen LogP contribution in [0.3, 0.4) is 0 Å². The van der Waals surface area contributed by atoms with Gasteiger partial charge in [0, 0.05) is 14.1 Å². The van der Waals surface area contributed by atoms with Crippen molar-refractivity contribution >= 4 is 17.2 Å². The van der Waals surface area contributed by atoms with Crippen LogP contribution in [0.5, 0.6) is 0 Å². The molecule has 0 saturated heterocycles. The Hall–Kier alpha value is -0.870. The van der Waals surface area contributed by atoms with Crippen LogP contribution in [-0.4, -0.2) is 31.4 Å². The lowest BCUT2D eigenvalue weighted by atomic mass is 10.2. The number of thiophene rings is 1. The first-order chi connectivity index (χ1) is 6.15. The average molecular weight is 198 g/mol. The van der Waals surface area contributed by atoms with Crippen molar-refractivity contribution in [2.24, 2.45) is 5.73 Å². The van der Waals surface area contributed by atoms with E-state index in [2.05, 4.69) is 0 Å². The van der Waals surface area contributed by atoms with Gasteiger partial charge in [-0.1, -0.05) is 0 Å². The van der Waals surface area contributed by atoms with E-state index in [1.807, 2.05) is 11.4 Å². The monoisotopic (exact) mass is 198 g/mol. The van der Waals surface area contributed by atoms with Crippen molar-refractivity contribution in [2.45, 2.75) is 6.42 Å². The summed E-state index contributed by atoms with van der Waals surface area (Å²) in [5.41, 5.74) is 6.57. The van der Waals surface area contributed by atoms with Crippen LogP contribution in [0.25, 0.3) is 0 Å². The predicted octanol–water partition coefficient (Wildman–Crippen LogP) is 0.951. The Bertz CT molecular complexity index is 294. The van der Waals surface area contributed by atoms with Crippen LogP contribution in [0.1, 0.15) is 15.2 Å². The first kappa shape index (κ1) is 10.2. The topological polar surface area (TPSA) is 46.3 Å². The number of carbonyl (C=O) groups excluding carboxylic acids is 1. The summed E-state index contributed by atoms with van der Waals surface area (Å²) in [4.78, 5) is 13.8. The summed E-state index contributed by atoms with van der Waals surface area (Å²) in [6.45, 7) is 0.631. The third-order valence-electron chi connectivity index (χ3n) is 1.70. The molecule has 1 amide bonds. The van der Waals surface area contributed by atoms with Crippen LogP contribution in [0.15, 0.2) is 11.4 Å². The Balaban J connectivity index is 2.73. The number of hydrogen-bond acceptors (Lipinski definition) is 3. The maximum absolute atomic E-state index is 11.5. The lowest BCUT2D eigenvalue weighted by Crippen LogP contribution is -2.20. The molecule has 0 fully saturated rings. The highest BCUT2D eigenvalue weighted by Gasteiger charge is 2.10. The van der Waals surface area contributed by atoms with Crippen molar-refractivity contribution in [1.29, 1.82) is 0 Å². The van der Waals surface area contributed by atoms with Crippen LogP contribution in [0.2, 0.25) is 0 Å². The van der Waals surface area contributed by atoms with Gasteiger partial charge in [-0.25, -0.2) is 0 Å². The molecule has 4 heteroatoms. The summed E-state index contributed by atoms with van der Waals surface area (Å²) in [6.07, 6.45) is 0.844. The maximum atomic E-state index is 11.5. The first-order valence-corrected chi connectivity index (χ1v) is 5.02. The van der Waals surface area contributed by atoms with Gasteiger partial charge in [-0.15, -0.1) is 11.3 Å². The minimum absolute atomic E-state index is 0.0632. The second-order valence-corrected chi connectivity index (χ2v) is 3.97. The Labute approximate surface area is 82.2 Å². The third kappa shape index (κ3) is 2.54. The van der Waals surface area contributed by atoms with Gasteiger partial charge in [0.25, 0.3) is 5.91 Å². The molecule has 72 valence electrons. The smallest absolute Gasteiger partial charge is 0.263 e. The van der Waals surface area contributed by atoms with Gasteiger partial charge in [-0.2, -0.15) is 0 Å². The molecule has 0 saturated carbocycles. The predicted molar refractivity (Wildman–Crippen MR) is 55.1 cm³/mol. The van der Waals surface area contributed by atoms with E-state index in [4.69, 9.17) is 5.73 Å². The molecule has 0 unspecified atom stereocenters. The van der Waals surface area contributed by atoms with Gasteiger partial charge in [0.2, 0.25) is 0 Å². The highest BCUT2D eigenvalue weighted by atomic mass is 32.1. The van der Waals surface area contributed by atoms with Crippen molar-refractivity contribution in [3.05, 3.63) is 21.9 Å². The molecule has 0 bridgehead atoms. The Kier molecular flexibility index (Phi) is 3.45. The van der Waals surface area contributed by atoms with Crippen LogP contribution in [0, 0.1) is 0 Å². The van der Waals surface area contributed by atoms with E-state index >= 15 is 0 Å². The van der Waals surface area contributed by atoms with Gasteiger partial charge >= 0.3 is 0 Å². The summed E-state index contributed by atoms with van der Waals surface area (Å²) in [5.74, 6) is 0.0632. The van der Waals surface area contributed by atoms with Crippen molar-refractivity contribution in [1.82, 2.24) is 4.90 Å². The number of hydrogen-bond donors (Lipinski definition) is 1.